The molecule has 1 aliphatic rings. The monoisotopic (exact) mass is 475 g/mol. The molecular weight excluding hydrogens is 453 g/mol. The van der Waals surface area contributed by atoms with Crippen molar-refractivity contribution in [3.05, 3.63) is 89.8 Å². The summed E-state index contributed by atoms with van der Waals surface area (Å²) in [6, 6.07) is 19.0. The van der Waals surface area contributed by atoms with Crippen LogP contribution in [0.25, 0.3) is 6.08 Å². The maximum absolute atomic E-state index is 13.0. The second kappa shape index (κ2) is 10.5. The molecule has 1 aliphatic heterocycles. The Kier molecular flexibility index (Phi) is 7.06. The second-order valence-corrected chi connectivity index (χ2v) is 7.46. The maximum Gasteiger partial charge on any atom is 0.282 e. The molecule has 9 heteroatoms. The van der Waals surface area contributed by atoms with Crippen LogP contribution in [0.4, 0.5) is 15.8 Å². The van der Waals surface area contributed by atoms with Gasteiger partial charge in [-0.25, -0.2) is 9.40 Å². The Bertz CT molecular complexity index is 1280. The van der Waals surface area contributed by atoms with E-state index < -0.39 is 23.5 Å². The van der Waals surface area contributed by atoms with Crippen LogP contribution in [0.3, 0.4) is 0 Å². The number of hydrogen-bond donors (Lipinski definition) is 2. The number of nitrogens with one attached hydrogen (secondary N) is 2. The number of hydrazine groups is 1. The van der Waals surface area contributed by atoms with E-state index in [9.17, 15) is 18.8 Å². The maximum atomic E-state index is 13.0. The van der Waals surface area contributed by atoms with Crippen molar-refractivity contribution in [2.24, 2.45) is 0 Å². The van der Waals surface area contributed by atoms with Gasteiger partial charge in [0.25, 0.3) is 17.7 Å². The van der Waals surface area contributed by atoms with Gasteiger partial charge in [-0.2, -0.15) is 0 Å². The third-order valence-corrected chi connectivity index (χ3v) is 4.97. The number of amides is 3. The summed E-state index contributed by atoms with van der Waals surface area (Å²) in [5.41, 5.74) is 4.06. The Morgan fingerprint density at radius 2 is 1.74 bits per heavy atom. The van der Waals surface area contributed by atoms with Gasteiger partial charge in [0.1, 0.15) is 11.4 Å². The highest BCUT2D eigenvalue weighted by Gasteiger charge is 2.34. The van der Waals surface area contributed by atoms with E-state index in [0.29, 0.717) is 35.0 Å². The lowest BCUT2D eigenvalue weighted by molar-refractivity contribution is -0.118. The molecule has 4 rings (SSSR count). The van der Waals surface area contributed by atoms with Crippen LogP contribution in [0.2, 0.25) is 0 Å². The average Bonchev–Trinajstić information content (AvgIpc) is 3.14. The van der Waals surface area contributed by atoms with Gasteiger partial charge >= 0.3 is 0 Å². The van der Waals surface area contributed by atoms with Crippen molar-refractivity contribution in [2.45, 2.75) is 6.92 Å². The number of carbonyl (C=O) groups is 3. The Labute approximate surface area is 200 Å². The summed E-state index contributed by atoms with van der Waals surface area (Å²) in [7, 11) is 0. The van der Waals surface area contributed by atoms with Crippen molar-refractivity contribution in [1.82, 2.24) is 5.43 Å². The van der Waals surface area contributed by atoms with Gasteiger partial charge in [-0.05, 0) is 67.1 Å². The molecule has 0 unspecified atom stereocenters. The highest BCUT2D eigenvalue weighted by atomic mass is 19.1. The zero-order chi connectivity index (χ0) is 24.8. The van der Waals surface area contributed by atoms with Gasteiger partial charge in [-0.1, -0.05) is 24.3 Å². The Balaban J connectivity index is 1.47. The zero-order valence-corrected chi connectivity index (χ0v) is 18.8. The number of halogens is 1. The molecule has 3 aromatic rings. The van der Waals surface area contributed by atoms with Crippen molar-refractivity contribution in [3.8, 4) is 11.5 Å². The summed E-state index contributed by atoms with van der Waals surface area (Å²) in [4.78, 5) is 37.4. The third kappa shape index (κ3) is 5.64. The number of rotatable bonds is 8. The van der Waals surface area contributed by atoms with Crippen molar-refractivity contribution in [1.29, 1.82) is 0 Å². The van der Waals surface area contributed by atoms with Crippen LogP contribution >= 0.6 is 0 Å². The molecule has 1 fully saturated rings. The van der Waals surface area contributed by atoms with Gasteiger partial charge < -0.3 is 14.8 Å². The van der Waals surface area contributed by atoms with E-state index in [1.165, 1.54) is 35.4 Å². The van der Waals surface area contributed by atoms with Crippen LogP contribution in [0.5, 0.6) is 11.5 Å². The normalized spacial score (nSPS) is 14.1. The molecule has 178 valence electrons. The van der Waals surface area contributed by atoms with Crippen molar-refractivity contribution < 1.29 is 28.2 Å². The topological polar surface area (TPSA) is 97.0 Å². The van der Waals surface area contributed by atoms with Gasteiger partial charge in [0, 0.05) is 5.69 Å². The first-order valence-electron chi connectivity index (χ1n) is 10.8. The molecule has 0 aliphatic carbocycles. The molecule has 0 saturated carbocycles. The molecule has 8 nitrogen and oxygen atoms in total. The van der Waals surface area contributed by atoms with Gasteiger partial charge in [0.05, 0.1) is 12.3 Å². The van der Waals surface area contributed by atoms with Crippen molar-refractivity contribution in [2.75, 3.05) is 23.5 Å². The lowest BCUT2D eigenvalue weighted by Gasteiger charge is -2.14. The fraction of sp³-hybridized carbons (Fsp3) is 0.115. The minimum absolute atomic E-state index is 0.0244. The van der Waals surface area contributed by atoms with Gasteiger partial charge in [0.2, 0.25) is 0 Å². The van der Waals surface area contributed by atoms with E-state index in [0.717, 1.165) is 0 Å². The van der Waals surface area contributed by atoms with Gasteiger partial charge in [-0.3, -0.25) is 19.8 Å². The molecule has 2 N–H and O–H groups in total. The SMILES string of the molecule is CCOc1cc(/C=C2/C(=O)NN(c3ccccc3)C2=O)ccc1OCC(=O)Nc1ccc(F)cc1. The van der Waals surface area contributed by atoms with E-state index in [2.05, 4.69) is 10.7 Å². The summed E-state index contributed by atoms with van der Waals surface area (Å²) >= 11 is 0. The molecule has 35 heavy (non-hydrogen) atoms. The first-order valence-corrected chi connectivity index (χ1v) is 10.8. The molecule has 0 atom stereocenters. The number of ether oxygens (including phenoxy) is 2. The Morgan fingerprint density at radius 1 is 1.00 bits per heavy atom. The quantitative estimate of drug-likeness (QED) is 0.383. The number of carbonyl (C=O) groups excluding carboxylic acids is 3. The second-order valence-electron chi connectivity index (χ2n) is 7.46. The number of benzene rings is 3. The van der Waals surface area contributed by atoms with Crippen LogP contribution in [0.1, 0.15) is 12.5 Å². The van der Waals surface area contributed by atoms with Crippen molar-refractivity contribution in [3.63, 3.8) is 0 Å². The number of anilines is 2. The fourth-order valence-electron chi connectivity index (χ4n) is 3.36. The molecule has 0 radical (unpaired) electrons. The summed E-state index contributed by atoms with van der Waals surface area (Å²) in [5, 5.41) is 3.80. The van der Waals surface area contributed by atoms with E-state index in [1.807, 2.05) is 6.07 Å². The van der Waals surface area contributed by atoms with E-state index >= 15 is 0 Å². The minimum Gasteiger partial charge on any atom is -0.490 e. The molecule has 3 amide bonds. The summed E-state index contributed by atoms with van der Waals surface area (Å²) in [6.07, 6.45) is 1.47. The van der Waals surface area contributed by atoms with Gasteiger partial charge in [-0.15, -0.1) is 0 Å². The number of nitrogens with zero attached hydrogens (tertiary/aromatic N) is 1. The minimum atomic E-state index is -0.519. The smallest absolute Gasteiger partial charge is 0.282 e. The summed E-state index contributed by atoms with van der Waals surface area (Å²) < 4.78 is 24.2. The Morgan fingerprint density at radius 3 is 2.46 bits per heavy atom. The fourth-order valence-corrected chi connectivity index (χ4v) is 3.36. The summed E-state index contributed by atoms with van der Waals surface area (Å²) in [6.45, 7) is 1.83. The third-order valence-electron chi connectivity index (χ3n) is 4.97. The Hall–Kier alpha value is -4.66. The molecule has 3 aromatic carbocycles. The largest absolute Gasteiger partial charge is 0.490 e. The molecule has 0 spiro atoms. The highest BCUT2D eigenvalue weighted by molar-refractivity contribution is 6.31. The predicted molar refractivity (Wildman–Crippen MR) is 128 cm³/mol. The number of hydrogen-bond acceptors (Lipinski definition) is 5. The molecule has 1 heterocycles. The predicted octanol–water partition coefficient (Wildman–Crippen LogP) is 3.70. The lowest BCUT2D eigenvalue weighted by Crippen LogP contribution is -2.35. The van der Waals surface area contributed by atoms with Crippen molar-refractivity contribution >= 4 is 35.2 Å². The standard InChI is InChI=1S/C26H22FN3O5/c1-2-34-23-15-17(14-21-25(32)29-30(26(21)33)20-6-4-3-5-7-20)8-13-22(23)35-16-24(31)28-19-11-9-18(27)10-12-19/h3-15H,2,16H2,1H3,(H,28,31)(H,29,32)/b21-14-. The van der Waals surface area contributed by atoms with Crippen LogP contribution < -0.4 is 25.2 Å². The van der Waals surface area contributed by atoms with Crippen LogP contribution in [-0.4, -0.2) is 30.9 Å². The molecule has 0 aromatic heterocycles. The molecule has 0 bridgehead atoms. The number of para-hydroxylation sites is 1. The van der Waals surface area contributed by atoms with E-state index in [-0.39, 0.29) is 12.2 Å². The van der Waals surface area contributed by atoms with Crippen LogP contribution in [-0.2, 0) is 14.4 Å². The molecular formula is C26H22FN3O5. The average molecular weight is 475 g/mol. The van der Waals surface area contributed by atoms with Crippen LogP contribution in [0.15, 0.2) is 78.4 Å². The first kappa shape index (κ1) is 23.5. The van der Waals surface area contributed by atoms with E-state index in [1.54, 1.807) is 49.4 Å². The lowest BCUT2D eigenvalue weighted by atomic mass is 10.1. The molecule has 1 saturated heterocycles. The summed E-state index contributed by atoms with van der Waals surface area (Å²) in [5.74, 6) is -1.16. The van der Waals surface area contributed by atoms with Crippen LogP contribution in [0, 0.1) is 5.82 Å². The first-order chi connectivity index (χ1) is 16.9. The zero-order valence-electron chi connectivity index (χ0n) is 18.8. The van der Waals surface area contributed by atoms with E-state index in [4.69, 9.17) is 9.47 Å². The highest BCUT2D eigenvalue weighted by Crippen LogP contribution is 2.30. The van der Waals surface area contributed by atoms with Gasteiger partial charge in [0.15, 0.2) is 18.1 Å².